The Hall–Kier alpha value is -2.34. The minimum Gasteiger partial charge on any atom is -0.0651 e. The lowest BCUT2D eigenvalue weighted by molar-refractivity contribution is 0.922. The second kappa shape index (κ2) is 9.63. The van der Waals surface area contributed by atoms with Crippen LogP contribution in [0.3, 0.4) is 0 Å². The first-order valence-corrected chi connectivity index (χ1v) is 8.51. The maximum atomic E-state index is 2.20. The third-order valence-electron chi connectivity index (χ3n) is 3.85. The van der Waals surface area contributed by atoms with Gasteiger partial charge in [0.05, 0.1) is 0 Å². The Morgan fingerprint density at radius 1 is 0.522 bits per heavy atom. The Morgan fingerprint density at radius 2 is 1.04 bits per heavy atom. The smallest absolute Gasteiger partial charge is 0.0184 e. The standard InChI is InChI=1S/C14H14.C9H12/c1-2-12-8-10-14(11-9-12)13-6-4-3-5-7-13;1-2-6-9-7-4-3-5-8-9/h3-11H,2H2,1H3;3-5,7-8H,2,6H2,1H3. The summed E-state index contributed by atoms with van der Waals surface area (Å²) in [5, 5.41) is 0. The van der Waals surface area contributed by atoms with Gasteiger partial charge in [-0.2, -0.15) is 0 Å². The van der Waals surface area contributed by atoms with Crippen LogP contribution in [0.2, 0.25) is 0 Å². The molecule has 0 heteroatoms. The third-order valence-corrected chi connectivity index (χ3v) is 3.85. The number of benzene rings is 3. The molecule has 0 radical (unpaired) electrons. The zero-order chi connectivity index (χ0) is 16.3. The van der Waals surface area contributed by atoms with Crippen LogP contribution in [0, 0.1) is 0 Å². The molecule has 0 heterocycles. The zero-order valence-corrected chi connectivity index (χ0v) is 14.2. The molecular weight excluding hydrogens is 276 g/mol. The summed E-state index contributed by atoms with van der Waals surface area (Å²) in [4.78, 5) is 0. The molecule has 118 valence electrons. The van der Waals surface area contributed by atoms with Gasteiger partial charge >= 0.3 is 0 Å². The molecule has 0 aliphatic heterocycles. The summed E-state index contributed by atoms with van der Waals surface area (Å²) in [6, 6.07) is 29.8. The maximum Gasteiger partial charge on any atom is -0.0184 e. The molecule has 3 aromatic carbocycles. The average Bonchev–Trinajstić information content (AvgIpc) is 2.64. The largest absolute Gasteiger partial charge is 0.0651 e. The molecular formula is C23H26. The van der Waals surface area contributed by atoms with Gasteiger partial charge in [-0.25, -0.2) is 0 Å². The predicted octanol–water partition coefficient (Wildman–Crippen LogP) is 6.56. The van der Waals surface area contributed by atoms with Gasteiger partial charge < -0.3 is 0 Å². The molecule has 0 aliphatic rings. The lowest BCUT2D eigenvalue weighted by atomic mass is 10.0. The van der Waals surface area contributed by atoms with Crippen molar-refractivity contribution in [2.75, 3.05) is 0 Å². The van der Waals surface area contributed by atoms with Crippen LogP contribution in [-0.2, 0) is 12.8 Å². The first kappa shape index (κ1) is 17.0. The molecule has 0 saturated heterocycles. The second-order valence-electron chi connectivity index (χ2n) is 5.65. The monoisotopic (exact) mass is 302 g/mol. The van der Waals surface area contributed by atoms with Crippen LogP contribution in [0.5, 0.6) is 0 Å². The Morgan fingerprint density at radius 3 is 1.57 bits per heavy atom. The van der Waals surface area contributed by atoms with E-state index in [9.17, 15) is 0 Å². The van der Waals surface area contributed by atoms with Crippen LogP contribution >= 0.6 is 0 Å². The molecule has 0 aromatic heterocycles. The van der Waals surface area contributed by atoms with Gasteiger partial charge in [-0.1, -0.05) is 105 Å². The van der Waals surface area contributed by atoms with E-state index in [0.29, 0.717) is 0 Å². The van der Waals surface area contributed by atoms with Crippen molar-refractivity contribution in [2.24, 2.45) is 0 Å². The Balaban J connectivity index is 0.000000185. The highest BCUT2D eigenvalue weighted by atomic mass is 14.0. The SMILES string of the molecule is CCCc1ccccc1.CCc1ccc(-c2ccccc2)cc1. The lowest BCUT2D eigenvalue weighted by Crippen LogP contribution is -1.80. The predicted molar refractivity (Wildman–Crippen MR) is 102 cm³/mol. The van der Waals surface area contributed by atoms with Crippen LogP contribution in [0.15, 0.2) is 84.9 Å². The summed E-state index contributed by atoms with van der Waals surface area (Å²) in [7, 11) is 0. The van der Waals surface area contributed by atoms with E-state index >= 15 is 0 Å². The summed E-state index contributed by atoms with van der Waals surface area (Å²) in [6.45, 7) is 4.38. The van der Waals surface area contributed by atoms with Crippen LogP contribution in [0.4, 0.5) is 0 Å². The van der Waals surface area contributed by atoms with E-state index in [-0.39, 0.29) is 0 Å². The molecule has 0 atom stereocenters. The third kappa shape index (κ3) is 5.75. The van der Waals surface area contributed by atoms with Gasteiger partial charge in [-0.3, -0.25) is 0 Å². The van der Waals surface area contributed by atoms with Crippen molar-refractivity contribution in [3.05, 3.63) is 96.1 Å². The number of rotatable bonds is 4. The fourth-order valence-corrected chi connectivity index (χ4v) is 2.50. The van der Waals surface area contributed by atoms with E-state index in [1.807, 2.05) is 6.07 Å². The van der Waals surface area contributed by atoms with E-state index in [1.165, 1.54) is 35.1 Å². The van der Waals surface area contributed by atoms with Crippen molar-refractivity contribution in [1.29, 1.82) is 0 Å². The van der Waals surface area contributed by atoms with Gasteiger partial charge in [0.1, 0.15) is 0 Å². The molecule has 0 nitrogen and oxygen atoms in total. The lowest BCUT2D eigenvalue weighted by Gasteiger charge is -2.02. The summed E-state index contributed by atoms with van der Waals surface area (Å²) < 4.78 is 0. The topological polar surface area (TPSA) is 0 Å². The molecule has 0 saturated carbocycles. The highest BCUT2D eigenvalue weighted by Crippen LogP contribution is 2.19. The molecule has 3 rings (SSSR count). The summed E-state index contributed by atoms with van der Waals surface area (Å²) in [5.74, 6) is 0. The van der Waals surface area contributed by atoms with Gasteiger partial charge in [0.25, 0.3) is 0 Å². The van der Waals surface area contributed by atoms with Crippen molar-refractivity contribution in [3.8, 4) is 11.1 Å². The summed E-state index contributed by atoms with van der Waals surface area (Å²) in [6.07, 6.45) is 3.56. The van der Waals surface area contributed by atoms with E-state index < -0.39 is 0 Å². The summed E-state index contributed by atoms with van der Waals surface area (Å²) in [5.41, 5.74) is 5.42. The van der Waals surface area contributed by atoms with Crippen LogP contribution in [0.1, 0.15) is 31.4 Å². The number of hydrogen-bond donors (Lipinski definition) is 0. The molecule has 0 aliphatic carbocycles. The van der Waals surface area contributed by atoms with Crippen molar-refractivity contribution in [3.63, 3.8) is 0 Å². The van der Waals surface area contributed by atoms with Gasteiger partial charge in [-0.05, 0) is 35.1 Å². The van der Waals surface area contributed by atoms with Crippen LogP contribution in [0.25, 0.3) is 11.1 Å². The van der Waals surface area contributed by atoms with Gasteiger partial charge in [-0.15, -0.1) is 0 Å². The second-order valence-corrected chi connectivity index (χ2v) is 5.65. The molecule has 0 spiro atoms. The van der Waals surface area contributed by atoms with E-state index in [4.69, 9.17) is 0 Å². The van der Waals surface area contributed by atoms with E-state index in [1.54, 1.807) is 0 Å². The number of aryl methyl sites for hydroxylation is 2. The minimum atomic E-state index is 1.11. The molecule has 3 aromatic rings. The number of hydrogen-bond acceptors (Lipinski definition) is 0. The Labute approximate surface area is 140 Å². The zero-order valence-electron chi connectivity index (χ0n) is 14.2. The van der Waals surface area contributed by atoms with Gasteiger partial charge in [0.2, 0.25) is 0 Å². The van der Waals surface area contributed by atoms with Gasteiger partial charge in [0.15, 0.2) is 0 Å². The quantitative estimate of drug-likeness (QED) is 0.512. The van der Waals surface area contributed by atoms with E-state index in [0.717, 1.165) is 6.42 Å². The average molecular weight is 302 g/mol. The molecule has 0 fully saturated rings. The van der Waals surface area contributed by atoms with Crippen molar-refractivity contribution in [1.82, 2.24) is 0 Å². The van der Waals surface area contributed by atoms with Crippen molar-refractivity contribution < 1.29 is 0 Å². The molecule has 0 amide bonds. The summed E-state index contributed by atoms with van der Waals surface area (Å²) >= 11 is 0. The highest BCUT2D eigenvalue weighted by molar-refractivity contribution is 5.63. The van der Waals surface area contributed by atoms with Crippen molar-refractivity contribution >= 4 is 0 Å². The molecule has 0 N–H and O–H groups in total. The Kier molecular flexibility index (Phi) is 7.13. The van der Waals surface area contributed by atoms with Crippen LogP contribution < -0.4 is 0 Å². The molecule has 0 unspecified atom stereocenters. The fourth-order valence-electron chi connectivity index (χ4n) is 2.50. The normalized spacial score (nSPS) is 9.83. The molecule has 0 bridgehead atoms. The Bertz CT molecular complexity index is 651. The molecule has 23 heavy (non-hydrogen) atoms. The first-order chi connectivity index (χ1) is 11.3. The fraction of sp³-hybridized carbons (Fsp3) is 0.217. The van der Waals surface area contributed by atoms with Crippen molar-refractivity contribution in [2.45, 2.75) is 33.1 Å². The van der Waals surface area contributed by atoms with Crippen LogP contribution in [-0.4, -0.2) is 0 Å². The maximum absolute atomic E-state index is 2.20. The first-order valence-electron chi connectivity index (χ1n) is 8.51. The van der Waals surface area contributed by atoms with E-state index in [2.05, 4.69) is 92.7 Å². The highest BCUT2D eigenvalue weighted by Gasteiger charge is 1.95. The minimum absolute atomic E-state index is 1.11. The van der Waals surface area contributed by atoms with Gasteiger partial charge in [0, 0.05) is 0 Å².